The van der Waals surface area contributed by atoms with Gasteiger partial charge in [-0.25, -0.2) is 9.97 Å². The van der Waals surface area contributed by atoms with Gasteiger partial charge in [0.05, 0.1) is 12.2 Å². The number of ether oxygens (including phenoxy) is 2. The second kappa shape index (κ2) is 7.05. The van der Waals surface area contributed by atoms with Gasteiger partial charge < -0.3 is 14.4 Å². The van der Waals surface area contributed by atoms with Gasteiger partial charge in [0.1, 0.15) is 5.82 Å². The highest BCUT2D eigenvalue weighted by molar-refractivity contribution is 5.57. The Morgan fingerprint density at radius 1 is 1.11 bits per heavy atom. The summed E-state index contributed by atoms with van der Waals surface area (Å²) >= 11 is 0. The summed E-state index contributed by atoms with van der Waals surface area (Å²) in [7, 11) is 0. The quantitative estimate of drug-likeness (QED) is 0.799. The number of nitrogens with zero attached hydrogens (tertiary/aromatic N) is 4. The molecule has 2 aromatic heterocycles. The van der Waals surface area contributed by atoms with Gasteiger partial charge in [0, 0.05) is 63.2 Å². The highest BCUT2D eigenvalue weighted by Crippen LogP contribution is 2.34. The van der Waals surface area contributed by atoms with E-state index in [9.17, 15) is 13.2 Å². The zero-order valence-corrected chi connectivity index (χ0v) is 14.6. The Morgan fingerprint density at radius 2 is 1.93 bits per heavy atom. The molecule has 0 unspecified atom stereocenters. The summed E-state index contributed by atoms with van der Waals surface area (Å²) in [6.45, 7) is 2.58. The third kappa shape index (κ3) is 3.89. The summed E-state index contributed by atoms with van der Waals surface area (Å²) in [6, 6.07) is 4.30. The van der Waals surface area contributed by atoms with Crippen molar-refractivity contribution in [2.24, 2.45) is 0 Å². The van der Waals surface area contributed by atoms with Crippen LogP contribution in [-0.4, -0.2) is 53.5 Å². The van der Waals surface area contributed by atoms with E-state index in [1.54, 1.807) is 18.3 Å². The molecule has 144 valence electrons. The lowest BCUT2D eigenvalue weighted by Gasteiger charge is -2.45. The SMILES string of the molecule is FC(F)(F)c1cc(N2CCOC3(CCOCC3)C2)nc(-c2cccnc2)n1. The van der Waals surface area contributed by atoms with Crippen molar-refractivity contribution < 1.29 is 22.6 Å². The summed E-state index contributed by atoms with van der Waals surface area (Å²) in [4.78, 5) is 13.9. The van der Waals surface area contributed by atoms with Gasteiger partial charge in [-0.15, -0.1) is 0 Å². The minimum atomic E-state index is -4.56. The highest BCUT2D eigenvalue weighted by Gasteiger charge is 2.40. The van der Waals surface area contributed by atoms with Gasteiger partial charge in [-0.3, -0.25) is 4.98 Å². The highest BCUT2D eigenvalue weighted by atomic mass is 19.4. The van der Waals surface area contributed by atoms with E-state index in [1.165, 1.54) is 6.20 Å². The summed E-state index contributed by atoms with van der Waals surface area (Å²) in [5, 5.41) is 0. The molecular formula is C18H19F3N4O2. The van der Waals surface area contributed by atoms with Crippen molar-refractivity contribution in [2.45, 2.75) is 24.6 Å². The number of hydrogen-bond donors (Lipinski definition) is 0. The number of morpholine rings is 1. The molecule has 2 aliphatic heterocycles. The molecule has 4 rings (SSSR count). The van der Waals surface area contributed by atoms with Gasteiger partial charge in [0.25, 0.3) is 0 Å². The Labute approximate surface area is 154 Å². The van der Waals surface area contributed by atoms with Gasteiger partial charge in [0.15, 0.2) is 11.5 Å². The zero-order valence-electron chi connectivity index (χ0n) is 14.6. The monoisotopic (exact) mass is 380 g/mol. The summed E-state index contributed by atoms with van der Waals surface area (Å²) < 4.78 is 51.6. The molecule has 0 radical (unpaired) electrons. The summed E-state index contributed by atoms with van der Waals surface area (Å²) in [5.74, 6) is 0.269. The van der Waals surface area contributed by atoms with Gasteiger partial charge in [-0.05, 0) is 12.1 Å². The second-order valence-corrected chi connectivity index (χ2v) is 6.74. The van der Waals surface area contributed by atoms with E-state index in [4.69, 9.17) is 9.47 Å². The minimum absolute atomic E-state index is 0.0143. The number of rotatable bonds is 2. The molecule has 9 heteroatoms. The van der Waals surface area contributed by atoms with E-state index < -0.39 is 17.5 Å². The summed E-state index contributed by atoms with van der Waals surface area (Å²) in [5.41, 5.74) is -0.910. The fourth-order valence-corrected chi connectivity index (χ4v) is 3.45. The van der Waals surface area contributed by atoms with E-state index >= 15 is 0 Å². The number of aromatic nitrogens is 3. The van der Waals surface area contributed by atoms with Crippen LogP contribution in [0.25, 0.3) is 11.4 Å². The van der Waals surface area contributed by atoms with E-state index in [1.807, 2.05) is 4.90 Å². The largest absolute Gasteiger partial charge is 0.433 e. The molecule has 0 saturated carbocycles. The molecule has 0 aromatic carbocycles. The fourth-order valence-electron chi connectivity index (χ4n) is 3.45. The van der Waals surface area contributed by atoms with E-state index in [0.29, 0.717) is 38.5 Å². The van der Waals surface area contributed by atoms with Gasteiger partial charge in [-0.2, -0.15) is 13.2 Å². The third-order valence-electron chi connectivity index (χ3n) is 4.90. The van der Waals surface area contributed by atoms with E-state index in [-0.39, 0.29) is 11.6 Å². The van der Waals surface area contributed by atoms with E-state index in [2.05, 4.69) is 15.0 Å². The van der Waals surface area contributed by atoms with Crippen molar-refractivity contribution in [1.29, 1.82) is 0 Å². The molecule has 2 aliphatic rings. The fraction of sp³-hybridized carbons (Fsp3) is 0.500. The molecule has 27 heavy (non-hydrogen) atoms. The Hall–Kier alpha value is -2.26. The maximum absolute atomic E-state index is 13.4. The lowest BCUT2D eigenvalue weighted by molar-refractivity contribution is -0.141. The van der Waals surface area contributed by atoms with Crippen LogP contribution < -0.4 is 4.90 Å². The lowest BCUT2D eigenvalue weighted by Crippen LogP contribution is -2.54. The van der Waals surface area contributed by atoms with Gasteiger partial charge >= 0.3 is 6.18 Å². The van der Waals surface area contributed by atoms with Crippen LogP contribution in [0.3, 0.4) is 0 Å². The smallest absolute Gasteiger partial charge is 0.381 e. The summed E-state index contributed by atoms with van der Waals surface area (Å²) in [6.07, 6.45) is -0.114. The Balaban J connectivity index is 1.71. The van der Waals surface area contributed by atoms with Crippen molar-refractivity contribution in [3.05, 3.63) is 36.3 Å². The van der Waals surface area contributed by atoms with Crippen molar-refractivity contribution in [2.75, 3.05) is 37.8 Å². The number of anilines is 1. The van der Waals surface area contributed by atoms with Crippen molar-refractivity contribution in [1.82, 2.24) is 15.0 Å². The van der Waals surface area contributed by atoms with Crippen LogP contribution in [0, 0.1) is 0 Å². The molecule has 2 aromatic rings. The molecule has 2 saturated heterocycles. The maximum Gasteiger partial charge on any atom is 0.433 e. The van der Waals surface area contributed by atoms with E-state index in [0.717, 1.165) is 18.9 Å². The Morgan fingerprint density at radius 3 is 2.63 bits per heavy atom. The predicted octanol–water partition coefficient (Wildman–Crippen LogP) is 2.94. The van der Waals surface area contributed by atoms with Crippen molar-refractivity contribution in [3.63, 3.8) is 0 Å². The zero-order chi connectivity index (χ0) is 18.9. The molecule has 0 N–H and O–H groups in total. The first kappa shape index (κ1) is 18.1. The first-order valence-corrected chi connectivity index (χ1v) is 8.79. The first-order valence-electron chi connectivity index (χ1n) is 8.79. The topological polar surface area (TPSA) is 60.4 Å². The number of alkyl halides is 3. The maximum atomic E-state index is 13.4. The Bertz CT molecular complexity index is 789. The number of pyridine rings is 1. The Kier molecular flexibility index (Phi) is 4.73. The molecular weight excluding hydrogens is 361 g/mol. The number of halogens is 3. The standard InChI is InChI=1S/C18H19F3N4O2/c19-18(20,21)14-10-15(24-16(23-14)13-2-1-5-22-11-13)25-6-9-27-17(12-25)3-7-26-8-4-17/h1-2,5,10-11H,3-4,6-9,12H2. The van der Waals surface area contributed by atoms with Gasteiger partial charge in [0.2, 0.25) is 0 Å². The van der Waals surface area contributed by atoms with Crippen LogP contribution >= 0.6 is 0 Å². The van der Waals surface area contributed by atoms with Crippen LogP contribution in [0.15, 0.2) is 30.6 Å². The van der Waals surface area contributed by atoms with Crippen molar-refractivity contribution in [3.8, 4) is 11.4 Å². The minimum Gasteiger partial charge on any atom is -0.381 e. The molecule has 0 atom stereocenters. The van der Waals surface area contributed by atoms with Crippen LogP contribution in [0.1, 0.15) is 18.5 Å². The normalized spacial score (nSPS) is 20.0. The van der Waals surface area contributed by atoms with Crippen LogP contribution in [-0.2, 0) is 15.7 Å². The van der Waals surface area contributed by atoms with Crippen molar-refractivity contribution >= 4 is 5.82 Å². The van der Waals surface area contributed by atoms with Gasteiger partial charge in [-0.1, -0.05) is 0 Å². The second-order valence-electron chi connectivity index (χ2n) is 6.74. The average molecular weight is 380 g/mol. The van der Waals surface area contributed by atoms with Crippen LogP contribution in [0.4, 0.5) is 19.0 Å². The molecule has 4 heterocycles. The molecule has 1 spiro atoms. The molecule has 0 amide bonds. The predicted molar refractivity (Wildman–Crippen MR) is 91.2 cm³/mol. The molecule has 0 aliphatic carbocycles. The molecule has 0 bridgehead atoms. The lowest BCUT2D eigenvalue weighted by atomic mass is 9.92. The number of hydrogen-bond acceptors (Lipinski definition) is 6. The first-order chi connectivity index (χ1) is 13.0. The molecule has 2 fully saturated rings. The van der Waals surface area contributed by atoms with Crippen LogP contribution in [0.5, 0.6) is 0 Å². The average Bonchev–Trinajstić information content (AvgIpc) is 2.68. The molecule has 6 nitrogen and oxygen atoms in total. The third-order valence-corrected chi connectivity index (χ3v) is 4.90. The van der Waals surface area contributed by atoms with Crippen LogP contribution in [0.2, 0.25) is 0 Å².